The average Bonchev–Trinajstić information content (AvgIpc) is 2.62. The Balaban J connectivity index is 2.59. The molecular weight excluding hydrogens is 440 g/mol. The number of carbonyl (C=O) groups is 1. The largest absolute Gasteiger partial charge is 0.416 e. The third-order valence-electron chi connectivity index (χ3n) is 3.96. The van der Waals surface area contributed by atoms with E-state index in [0.717, 1.165) is 13.1 Å². The molecule has 0 aliphatic carbocycles. The molecule has 152 valence electrons. The summed E-state index contributed by atoms with van der Waals surface area (Å²) in [5, 5.41) is 2.31. The minimum absolute atomic E-state index is 0.276. The number of hydrogen-bond acceptors (Lipinski definition) is 3. The fourth-order valence-corrected chi connectivity index (χ4v) is 4.41. The van der Waals surface area contributed by atoms with Crippen molar-refractivity contribution in [2.75, 3.05) is 14.1 Å². The summed E-state index contributed by atoms with van der Waals surface area (Å²) in [4.78, 5) is 11.6. The average molecular weight is 455 g/mol. The van der Waals surface area contributed by atoms with Crippen molar-refractivity contribution >= 4 is 39.1 Å². The molecule has 0 fully saturated rings. The van der Waals surface area contributed by atoms with Crippen molar-refractivity contribution in [2.24, 2.45) is 0 Å². The number of carbonyl (C=O) groups excluding carboxylic acids is 1. The topological polar surface area (TPSA) is 66.5 Å². The lowest BCUT2D eigenvalue weighted by Crippen LogP contribution is -2.40. The minimum Gasteiger partial charge on any atom is -0.357 e. The highest BCUT2D eigenvalue weighted by Gasteiger charge is 2.37. The zero-order valence-electron chi connectivity index (χ0n) is 14.6. The Labute approximate surface area is 170 Å². The van der Waals surface area contributed by atoms with Crippen LogP contribution >= 0.6 is 23.2 Å². The van der Waals surface area contributed by atoms with Crippen molar-refractivity contribution in [3.8, 4) is 0 Å². The van der Waals surface area contributed by atoms with Crippen LogP contribution in [-0.4, -0.2) is 32.7 Å². The molecule has 0 aromatic heterocycles. The molecule has 1 amide bonds. The Morgan fingerprint density at radius 2 is 1.68 bits per heavy atom. The van der Waals surface area contributed by atoms with Gasteiger partial charge in [0, 0.05) is 19.1 Å². The quantitative estimate of drug-likeness (QED) is 0.738. The molecule has 0 heterocycles. The van der Waals surface area contributed by atoms with Gasteiger partial charge in [-0.3, -0.25) is 4.79 Å². The van der Waals surface area contributed by atoms with Gasteiger partial charge in [-0.05, 0) is 35.9 Å². The lowest BCUT2D eigenvalue weighted by atomic mass is 10.1. The molecule has 28 heavy (non-hydrogen) atoms. The van der Waals surface area contributed by atoms with Crippen LogP contribution in [0.1, 0.15) is 17.2 Å². The molecular formula is C17H15Cl2F3N2O3S. The van der Waals surface area contributed by atoms with Crippen molar-refractivity contribution in [2.45, 2.75) is 17.1 Å². The first-order valence-electron chi connectivity index (χ1n) is 7.71. The highest BCUT2D eigenvalue weighted by Crippen LogP contribution is 2.36. The SMILES string of the molecule is CNC(=O)[C@@H](c1ccc(Cl)cc1)N(C)S(=O)(=O)c1cc(C(F)(F)F)ccc1Cl. The molecule has 2 rings (SSSR count). The van der Waals surface area contributed by atoms with Gasteiger partial charge >= 0.3 is 6.18 Å². The Kier molecular flexibility index (Phi) is 6.65. The van der Waals surface area contributed by atoms with E-state index in [-0.39, 0.29) is 5.56 Å². The number of likely N-dealkylation sites (N-methyl/N-ethyl adjacent to an activating group) is 2. The van der Waals surface area contributed by atoms with E-state index in [4.69, 9.17) is 23.2 Å². The maximum Gasteiger partial charge on any atom is 0.416 e. The zero-order chi connectivity index (χ0) is 21.3. The molecule has 0 radical (unpaired) electrons. The van der Waals surface area contributed by atoms with Gasteiger partial charge in [-0.1, -0.05) is 35.3 Å². The number of halogens is 5. The lowest BCUT2D eigenvalue weighted by Gasteiger charge is -2.27. The number of nitrogens with zero attached hydrogens (tertiary/aromatic N) is 1. The first-order valence-corrected chi connectivity index (χ1v) is 9.91. The normalized spacial score (nSPS) is 13.4. The molecule has 0 unspecified atom stereocenters. The van der Waals surface area contributed by atoms with Crippen LogP contribution in [0.15, 0.2) is 47.4 Å². The van der Waals surface area contributed by atoms with E-state index in [1.165, 1.54) is 31.3 Å². The van der Waals surface area contributed by atoms with Gasteiger partial charge < -0.3 is 5.32 Å². The second-order valence-corrected chi connectivity index (χ2v) is 8.54. The Morgan fingerprint density at radius 3 is 2.18 bits per heavy atom. The van der Waals surface area contributed by atoms with Gasteiger partial charge in [0.1, 0.15) is 10.9 Å². The summed E-state index contributed by atoms with van der Waals surface area (Å²) in [5.41, 5.74) is -0.898. The van der Waals surface area contributed by atoms with Gasteiger partial charge in [0.2, 0.25) is 15.9 Å². The first kappa shape index (κ1) is 22.5. The van der Waals surface area contributed by atoms with Gasteiger partial charge in [0.15, 0.2) is 0 Å². The molecule has 0 saturated heterocycles. The molecule has 0 aliphatic heterocycles. The first-order chi connectivity index (χ1) is 12.9. The van der Waals surface area contributed by atoms with Crippen molar-refractivity contribution in [1.82, 2.24) is 9.62 Å². The molecule has 2 aromatic carbocycles. The molecule has 5 nitrogen and oxygen atoms in total. The molecule has 0 spiro atoms. The molecule has 1 N–H and O–H groups in total. The van der Waals surface area contributed by atoms with Gasteiger partial charge in [0.25, 0.3) is 0 Å². The smallest absolute Gasteiger partial charge is 0.357 e. The second kappa shape index (κ2) is 8.28. The summed E-state index contributed by atoms with van der Waals surface area (Å²) < 4.78 is 65.7. The van der Waals surface area contributed by atoms with E-state index in [9.17, 15) is 26.4 Å². The zero-order valence-corrected chi connectivity index (χ0v) is 16.9. The standard InChI is InChI=1S/C17H15Cl2F3N2O3S/c1-23-16(25)15(10-3-6-12(18)7-4-10)24(2)28(26,27)14-9-11(17(20,21)22)5-8-13(14)19/h3-9,15H,1-2H3,(H,23,25)/t15-/m1/s1. The number of rotatable bonds is 5. The van der Waals surface area contributed by atoms with Crippen molar-refractivity contribution in [1.29, 1.82) is 0 Å². The predicted molar refractivity (Wildman–Crippen MR) is 99.7 cm³/mol. The van der Waals surface area contributed by atoms with Crippen LogP contribution in [-0.2, 0) is 21.0 Å². The summed E-state index contributed by atoms with van der Waals surface area (Å²) in [7, 11) is -2.17. The monoisotopic (exact) mass is 454 g/mol. The molecule has 0 aliphatic rings. The van der Waals surface area contributed by atoms with Gasteiger partial charge in [-0.2, -0.15) is 17.5 Å². The third-order valence-corrected chi connectivity index (χ3v) is 6.52. The van der Waals surface area contributed by atoms with Crippen LogP contribution in [0.3, 0.4) is 0 Å². The van der Waals surface area contributed by atoms with Gasteiger partial charge in [-0.25, -0.2) is 8.42 Å². The summed E-state index contributed by atoms with van der Waals surface area (Å²) in [6, 6.07) is 6.44. The fourth-order valence-electron chi connectivity index (χ4n) is 2.48. The van der Waals surface area contributed by atoms with Gasteiger partial charge in [0.05, 0.1) is 10.6 Å². The molecule has 0 bridgehead atoms. The maximum absolute atomic E-state index is 13.0. The summed E-state index contributed by atoms with van der Waals surface area (Å²) >= 11 is 11.7. The number of hydrogen-bond donors (Lipinski definition) is 1. The summed E-state index contributed by atoms with van der Waals surface area (Å²) in [6.07, 6.45) is -4.76. The van der Waals surface area contributed by atoms with Crippen LogP contribution in [0, 0.1) is 0 Å². The number of alkyl halides is 3. The van der Waals surface area contributed by atoms with Crippen molar-refractivity contribution in [3.05, 3.63) is 63.6 Å². The van der Waals surface area contributed by atoms with E-state index in [1.54, 1.807) is 0 Å². The number of sulfonamides is 1. The molecule has 2 aromatic rings. The minimum atomic E-state index is -4.76. The maximum atomic E-state index is 13.0. The van der Waals surface area contributed by atoms with Crippen LogP contribution in [0.4, 0.5) is 13.2 Å². The van der Waals surface area contributed by atoms with E-state index < -0.39 is 43.6 Å². The molecule has 11 heteroatoms. The lowest BCUT2D eigenvalue weighted by molar-refractivity contribution is -0.137. The fraction of sp³-hybridized carbons (Fsp3) is 0.235. The second-order valence-electron chi connectivity index (χ2n) is 5.73. The highest BCUT2D eigenvalue weighted by molar-refractivity contribution is 7.89. The summed E-state index contributed by atoms with van der Waals surface area (Å²) in [5.74, 6) is -0.684. The van der Waals surface area contributed by atoms with E-state index in [1.807, 2.05) is 0 Å². The predicted octanol–water partition coefficient (Wildman–Crippen LogP) is 4.12. The van der Waals surface area contributed by atoms with Crippen LogP contribution in [0.5, 0.6) is 0 Å². The van der Waals surface area contributed by atoms with E-state index >= 15 is 0 Å². The number of nitrogens with one attached hydrogen (secondary N) is 1. The highest BCUT2D eigenvalue weighted by atomic mass is 35.5. The number of benzene rings is 2. The van der Waals surface area contributed by atoms with Crippen LogP contribution < -0.4 is 5.32 Å². The molecule has 1 atom stereocenters. The van der Waals surface area contributed by atoms with Crippen LogP contribution in [0.2, 0.25) is 10.0 Å². The third kappa shape index (κ3) is 4.60. The Bertz CT molecular complexity index is 980. The van der Waals surface area contributed by atoms with E-state index in [0.29, 0.717) is 21.5 Å². The molecule has 0 saturated carbocycles. The Morgan fingerprint density at radius 1 is 1.11 bits per heavy atom. The number of amides is 1. The van der Waals surface area contributed by atoms with Gasteiger partial charge in [-0.15, -0.1) is 0 Å². The Hall–Kier alpha value is -1.81. The van der Waals surface area contributed by atoms with Crippen LogP contribution in [0.25, 0.3) is 0 Å². The summed E-state index contributed by atoms with van der Waals surface area (Å²) in [6.45, 7) is 0. The van der Waals surface area contributed by atoms with E-state index in [2.05, 4.69) is 5.32 Å². The van der Waals surface area contributed by atoms with Crippen molar-refractivity contribution in [3.63, 3.8) is 0 Å². The van der Waals surface area contributed by atoms with Crippen molar-refractivity contribution < 1.29 is 26.4 Å².